The maximum atomic E-state index is 11.1. The minimum atomic E-state index is -0.847. The second kappa shape index (κ2) is 15.3. The number of aliphatic carboxylic acids is 1. The molecule has 5 aromatic carbocycles. The molecule has 0 saturated heterocycles. The molecule has 7 rings (SSSR count). The molecule has 2 N–H and O–H groups in total. The zero-order valence-corrected chi connectivity index (χ0v) is 28.7. The summed E-state index contributed by atoms with van der Waals surface area (Å²) in [6.45, 7) is 3.42. The molecule has 252 valence electrons. The van der Waals surface area contributed by atoms with Crippen LogP contribution in [-0.2, 0) is 43.8 Å². The van der Waals surface area contributed by atoms with Gasteiger partial charge < -0.3 is 19.9 Å². The SMILES string of the molecule is Cc1ccc(OCc2nnc(Sc3ccc(CNc4ccc(CC(=O)O)cc4)c(OCc4ccccc4)c3)n2-c2ccccc2)c2c1CCC2. The Morgan fingerprint density at radius 1 is 0.800 bits per heavy atom. The van der Waals surface area contributed by atoms with Crippen LogP contribution in [0.4, 0.5) is 5.69 Å². The highest BCUT2D eigenvalue weighted by Crippen LogP contribution is 2.36. The van der Waals surface area contributed by atoms with E-state index in [1.807, 2.05) is 72.8 Å². The molecular weight excluding hydrogens is 645 g/mol. The van der Waals surface area contributed by atoms with Crippen LogP contribution < -0.4 is 14.8 Å². The van der Waals surface area contributed by atoms with Crippen molar-refractivity contribution < 1.29 is 19.4 Å². The van der Waals surface area contributed by atoms with Gasteiger partial charge in [0.1, 0.15) is 24.7 Å². The van der Waals surface area contributed by atoms with Crippen LogP contribution in [0.3, 0.4) is 0 Å². The first-order valence-electron chi connectivity index (χ1n) is 16.8. The maximum absolute atomic E-state index is 11.1. The standard InChI is InChI=1S/C41H38N4O4S/c1-28-15-22-37(36-14-8-13-35(28)36)49-27-39-43-44-41(45(39)33-11-6-3-7-12-33)50-34-21-18-31(38(24-34)48-26-30-9-4-2-5-10-30)25-42-32-19-16-29(17-20-32)23-40(46)47/h2-7,9-12,15-22,24,42H,8,13-14,23,25-27H2,1H3,(H,46,47). The predicted molar refractivity (Wildman–Crippen MR) is 195 cm³/mol. The average molecular weight is 683 g/mol. The van der Waals surface area contributed by atoms with Crippen LogP contribution in [0.5, 0.6) is 11.5 Å². The van der Waals surface area contributed by atoms with Gasteiger partial charge in [-0.15, -0.1) is 10.2 Å². The first-order chi connectivity index (χ1) is 24.5. The van der Waals surface area contributed by atoms with Gasteiger partial charge in [0.2, 0.25) is 5.16 Å². The van der Waals surface area contributed by atoms with E-state index in [0.717, 1.165) is 74.7 Å². The number of aryl methyl sites for hydroxylation is 1. The van der Waals surface area contributed by atoms with Crippen LogP contribution in [0.15, 0.2) is 125 Å². The number of anilines is 1. The Kier molecular flexibility index (Phi) is 10.1. The van der Waals surface area contributed by atoms with Crippen LogP contribution in [0.25, 0.3) is 5.69 Å². The summed E-state index contributed by atoms with van der Waals surface area (Å²) in [4.78, 5) is 12.0. The highest BCUT2D eigenvalue weighted by molar-refractivity contribution is 7.99. The molecule has 6 aromatic rings. The molecule has 1 aliphatic rings. The van der Waals surface area contributed by atoms with E-state index in [1.54, 1.807) is 0 Å². The molecule has 1 heterocycles. The van der Waals surface area contributed by atoms with Crippen LogP contribution in [-0.4, -0.2) is 25.8 Å². The van der Waals surface area contributed by atoms with Gasteiger partial charge in [-0.25, -0.2) is 0 Å². The summed E-state index contributed by atoms with van der Waals surface area (Å²) in [5.74, 6) is 1.57. The van der Waals surface area contributed by atoms with Crippen molar-refractivity contribution in [3.05, 3.63) is 154 Å². The van der Waals surface area contributed by atoms with Crippen LogP contribution in [0.1, 0.15) is 45.6 Å². The molecule has 0 unspecified atom stereocenters. The maximum Gasteiger partial charge on any atom is 0.307 e. The largest absolute Gasteiger partial charge is 0.489 e. The summed E-state index contributed by atoms with van der Waals surface area (Å²) in [6, 6.07) is 38.1. The zero-order valence-electron chi connectivity index (χ0n) is 27.8. The minimum absolute atomic E-state index is 0.00203. The number of hydrogen-bond donors (Lipinski definition) is 2. The third-order valence-electron chi connectivity index (χ3n) is 8.82. The Labute approximate surface area is 296 Å². The molecule has 0 aliphatic heterocycles. The molecule has 9 heteroatoms. The molecule has 0 atom stereocenters. The Bertz CT molecular complexity index is 2080. The second-order valence-corrected chi connectivity index (χ2v) is 13.4. The summed E-state index contributed by atoms with van der Waals surface area (Å²) < 4.78 is 14.9. The monoisotopic (exact) mass is 682 g/mol. The van der Waals surface area contributed by atoms with E-state index in [0.29, 0.717) is 19.8 Å². The van der Waals surface area contributed by atoms with Crippen molar-refractivity contribution >= 4 is 23.4 Å². The van der Waals surface area contributed by atoms with Gasteiger partial charge in [-0.2, -0.15) is 0 Å². The van der Waals surface area contributed by atoms with E-state index in [2.05, 4.69) is 69.5 Å². The molecule has 1 aliphatic carbocycles. The van der Waals surface area contributed by atoms with Crippen LogP contribution in [0.2, 0.25) is 0 Å². The molecule has 50 heavy (non-hydrogen) atoms. The highest BCUT2D eigenvalue weighted by atomic mass is 32.2. The number of nitrogens with one attached hydrogen (secondary N) is 1. The summed E-state index contributed by atoms with van der Waals surface area (Å²) in [5.41, 5.74) is 8.75. The molecule has 1 aromatic heterocycles. The number of benzene rings is 5. The topological polar surface area (TPSA) is 98.5 Å². The number of ether oxygens (including phenoxy) is 2. The van der Waals surface area contributed by atoms with Crippen molar-refractivity contribution in [3.8, 4) is 17.2 Å². The summed E-state index contributed by atoms with van der Waals surface area (Å²) in [7, 11) is 0. The number of hydrogen-bond acceptors (Lipinski definition) is 7. The van der Waals surface area contributed by atoms with Crippen molar-refractivity contribution in [2.75, 3.05) is 5.32 Å². The normalized spacial score (nSPS) is 12.0. The molecule has 0 bridgehead atoms. The molecule has 0 radical (unpaired) electrons. The Hall–Kier alpha value is -5.54. The highest BCUT2D eigenvalue weighted by Gasteiger charge is 2.21. The van der Waals surface area contributed by atoms with Gasteiger partial charge in [-0.05, 0) is 108 Å². The van der Waals surface area contributed by atoms with Gasteiger partial charge in [-0.1, -0.05) is 72.8 Å². The Morgan fingerprint density at radius 2 is 1.54 bits per heavy atom. The quantitative estimate of drug-likeness (QED) is 0.118. The van der Waals surface area contributed by atoms with E-state index < -0.39 is 5.97 Å². The van der Waals surface area contributed by atoms with Gasteiger partial charge in [0, 0.05) is 28.4 Å². The van der Waals surface area contributed by atoms with Gasteiger partial charge >= 0.3 is 5.97 Å². The predicted octanol–water partition coefficient (Wildman–Crippen LogP) is 8.61. The number of nitrogens with zero attached hydrogens (tertiary/aromatic N) is 3. The van der Waals surface area contributed by atoms with Crippen molar-refractivity contribution in [2.45, 2.75) is 62.4 Å². The molecule has 0 saturated carbocycles. The van der Waals surface area contributed by atoms with Crippen LogP contribution >= 0.6 is 11.8 Å². The van der Waals surface area contributed by atoms with E-state index in [-0.39, 0.29) is 6.42 Å². The third kappa shape index (κ3) is 7.84. The van der Waals surface area contributed by atoms with E-state index in [9.17, 15) is 4.79 Å². The van der Waals surface area contributed by atoms with E-state index in [1.165, 1.54) is 28.5 Å². The van der Waals surface area contributed by atoms with Crippen molar-refractivity contribution in [2.24, 2.45) is 0 Å². The molecule has 8 nitrogen and oxygen atoms in total. The lowest BCUT2D eigenvalue weighted by atomic mass is 10.0. The molecule has 0 amide bonds. The molecular formula is C41H38N4O4S. The van der Waals surface area contributed by atoms with Gasteiger partial charge in [-0.3, -0.25) is 9.36 Å². The number of para-hydroxylation sites is 1. The van der Waals surface area contributed by atoms with Crippen LogP contribution in [0, 0.1) is 6.92 Å². The Morgan fingerprint density at radius 3 is 2.32 bits per heavy atom. The van der Waals surface area contributed by atoms with Crippen molar-refractivity contribution in [1.82, 2.24) is 14.8 Å². The summed E-state index contributed by atoms with van der Waals surface area (Å²) in [6.07, 6.45) is 3.30. The van der Waals surface area contributed by atoms with Gasteiger partial charge in [0.25, 0.3) is 0 Å². The zero-order chi connectivity index (χ0) is 34.3. The molecule has 0 fully saturated rings. The minimum Gasteiger partial charge on any atom is -0.489 e. The van der Waals surface area contributed by atoms with Crippen molar-refractivity contribution in [1.29, 1.82) is 0 Å². The Balaban J connectivity index is 1.13. The first kappa shape index (κ1) is 33.0. The number of carboxylic acid groups (broad SMARTS) is 1. The van der Waals surface area contributed by atoms with E-state index >= 15 is 0 Å². The fraction of sp³-hybridized carbons (Fsp3) is 0.195. The summed E-state index contributed by atoms with van der Waals surface area (Å²) in [5, 5.41) is 22.5. The summed E-state index contributed by atoms with van der Waals surface area (Å²) >= 11 is 1.52. The fourth-order valence-electron chi connectivity index (χ4n) is 6.26. The third-order valence-corrected chi connectivity index (χ3v) is 9.76. The lowest BCUT2D eigenvalue weighted by molar-refractivity contribution is -0.136. The number of carbonyl (C=O) groups is 1. The fourth-order valence-corrected chi connectivity index (χ4v) is 7.15. The number of rotatable bonds is 14. The lowest BCUT2D eigenvalue weighted by Gasteiger charge is -2.16. The van der Waals surface area contributed by atoms with Gasteiger partial charge in [0.15, 0.2) is 5.82 Å². The number of aromatic nitrogens is 3. The average Bonchev–Trinajstić information content (AvgIpc) is 3.80. The number of fused-ring (bicyclic) bond motifs is 1. The van der Waals surface area contributed by atoms with Crippen molar-refractivity contribution in [3.63, 3.8) is 0 Å². The lowest BCUT2D eigenvalue weighted by Crippen LogP contribution is -2.07. The molecule has 0 spiro atoms. The first-order valence-corrected chi connectivity index (χ1v) is 17.6. The smallest absolute Gasteiger partial charge is 0.307 e. The van der Waals surface area contributed by atoms with E-state index in [4.69, 9.17) is 14.6 Å². The number of carboxylic acids is 1. The second-order valence-electron chi connectivity index (χ2n) is 12.3. The van der Waals surface area contributed by atoms with Gasteiger partial charge in [0.05, 0.1) is 6.42 Å².